The number of nitrogens with zero attached hydrogens (tertiary/aromatic N) is 1. The number of anilines is 3. The van der Waals surface area contributed by atoms with Crippen molar-refractivity contribution < 1.29 is 4.79 Å². The molecule has 4 N–H and O–H groups in total. The summed E-state index contributed by atoms with van der Waals surface area (Å²) in [7, 11) is 0. The van der Waals surface area contributed by atoms with Gasteiger partial charge in [-0.05, 0) is 47.7 Å². The number of para-hydroxylation sites is 1. The van der Waals surface area contributed by atoms with Crippen molar-refractivity contribution in [3.63, 3.8) is 0 Å². The van der Waals surface area contributed by atoms with Gasteiger partial charge in [0.25, 0.3) is 0 Å². The number of aromatic nitrogens is 1. The lowest BCUT2D eigenvalue weighted by Crippen LogP contribution is -2.23. The van der Waals surface area contributed by atoms with Crippen LogP contribution in [-0.4, -0.2) is 11.3 Å². The molecule has 1 aliphatic heterocycles. The highest BCUT2D eigenvalue weighted by atomic mass is 16.1. The Bertz CT molecular complexity index is 983. The summed E-state index contributed by atoms with van der Waals surface area (Å²) in [6, 6.07) is 17.0. The van der Waals surface area contributed by atoms with E-state index in [1.165, 1.54) is 0 Å². The maximum Gasteiger partial charge on any atom is 0.146 e. The minimum Gasteiger partial charge on any atom is -0.399 e. The number of pyridine rings is 1. The Kier molecular flexibility index (Phi) is 4.11. The average Bonchev–Trinajstić information content (AvgIpc) is 2.68. The molecule has 5 nitrogen and oxygen atoms in total. The summed E-state index contributed by atoms with van der Waals surface area (Å²) in [4.78, 5) is 16.3. The Morgan fingerprint density at radius 2 is 1.96 bits per heavy atom. The highest BCUT2D eigenvalue weighted by Gasteiger charge is 2.24. The molecule has 0 radical (unpaired) electrons. The van der Waals surface area contributed by atoms with Gasteiger partial charge in [0.05, 0.1) is 0 Å². The fourth-order valence-electron chi connectivity index (χ4n) is 3.16. The molecule has 1 unspecified atom stereocenters. The molecule has 26 heavy (non-hydrogen) atoms. The van der Waals surface area contributed by atoms with Gasteiger partial charge in [0.1, 0.15) is 18.1 Å². The van der Waals surface area contributed by atoms with Crippen LogP contribution in [0.4, 0.5) is 17.2 Å². The highest BCUT2D eigenvalue weighted by molar-refractivity contribution is 5.85. The minimum atomic E-state index is -0.463. The van der Waals surface area contributed by atoms with Gasteiger partial charge in [-0.1, -0.05) is 30.3 Å². The van der Waals surface area contributed by atoms with Crippen molar-refractivity contribution >= 4 is 29.6 Å². The molecule has 5 heteroatoms. The van der Waals surface area contributed by atoms with E-state index in [9.17, 15) is 4.79 Å². The van der Waals surface area contributed by atoms with E-state index >= 15 is 0 Å². The van der Waals surface area contributed by atoms with Crippen LogP contribution in [0.3, 0.4) is 0 Å². The van der Waals surface area contributed by atoms with Crippen molar-refractivity contribution in [1.82, 2.24) is 10.3 Å². The number of aldehydes is 1. The number of hydrogen-bond donors (Lipinski definition) is 3. The van der Waals surface area contributed by atoms with Crippen LogP contribution >= 0.6 is 0 Å². The zero-order valence-electron chi connectivity index (χ0n) is 14.0. The van der Waals surface area contributed by atoms with Crippen LogP contribution in [0, 0.1) is 0 Å². The van der Waals surface area contributed by atoms with Crippen molar-refractivity contribution in [3.05, 3.63) is 78.1 Å². The summed E-state index contributed by atoms with van der Waals surface area (Å²) in [6.45, 7) is 0. The van der Waals surface area contributed by atoms with Crippen molar-refractivity contribution in [2.24, 2.45) is 0 Å². The predicted molar refractivity (Wildman–Crippen MR) is 105 cm³/mol. The van der Waals surface area contributed by atoms with Crippen LogP contribution in [0.5, 0.6) is 0 Å². The van der Waals surface area contributed by atoms with E-state index in [0.717, 1.165) is 34.2 Å². The lowest BCUT2D eigenvalue weighted by molar-refractivity contribution is -0.109. The topological polar surface area (TPSA) is 80.0 Å². The molecule has 128 valence electrons. The zero-order chi connectivity index (χ0) is 17.9. The summed E-state index contributed by atoms with van der Waals surface area (Å²) >= 11 is 0. The number of nitrogens with one attached hydrogen (secondary N) is 2. The third-order valence-electron chi connectivity index (χ3n) is 4.37. The minimum absolute atomic E-state index is 0.463. The fourth-order valence-corrected chi connectivity index (χ4v) is 3.16. The van der Waals surface area contributed by atoms with E-state index in [4.69, 9.17) is 5.73 Å². The molecule has 0 saturated carbocycles. The molecule has 1 aliphatic rings. The SMILES string of the molecule is Nc1cccc(-c2cnc(Nc3ccccc3)c3c2C=CNC3C=O)c1. The van der Waals surface area contributed by atoms with Crippen LogP contribution in [0.2, 0.25) is 0 Å². The van der Waals surface area contributed by atoms with E-state index in [0.29, 0.717) is 11.5 Å². The van der Waals surface area contributed by atoms with Crippen molar-refractivity contribution in [1.29, 1.82) is 0 Å². The van der Waals surface area contributed by atoms with Gasteiger partial charge in [-0.3, -0.25) is 0 Å². The molecule has 1 aromatic heterocycles. The van der Waals surface area contributed by atoms with Crippen LogP contribution in [0.25, 0.3) is 17.2 Å². The second-order valence-corrected chi connectivity index (χ2v) is 6.08. The third kappa shape index (κ3) is 2.91. The van der Waals surface area contributed by atoms with Gasteiger partial charge in [0, 0.05) is 28.7 Å². The summed E-state index contributed by atoms with van der Waals surface area (Å²) < 4.78 is 0. The Hall–Kier alpha value is -3.60. The van der Waals surface area contributed by atoms with Crippen molar-refractivity contribution in [2.45, 2.75) is 6.04 Å². The average molecular weight is 342 g/mol. The molecule has 4 rings (SSSR count). The molecule has 0 saturated heterocycles. The lowest BCUT2D eigenvalue weighted by atomic mass is 9.92. The van der Waals surface area contributed by atoms with Gasteiger partial charge in [-0.2, -0.15) is 0 Å². The third-order valence-corrected chi connectivity index (χ3v) is 4.37. The summed E-state index contributed by atoms with van der Waals surface area (Å²) in [6.07, 6.45) is 6.47. The first-order valence-corrected chi connectivity index (χ1v) is 8.35. The second-order valence-electron chi connectivity index (χ2n) is 6.08. The largest absolute Gasteiger partial charge is 0.399 e. The molecular formula is C21H18N4O. The molecular weight excluding hydrogens is 324 g/mol. The van der Waals surface area contributed by atoms with Crippen LogP contribution in [0.1, 0.15) is 17.2 Å². The predicted octanol–water partition coefficient (Wildman–Crippen LogP) is 3.89. The smallest absolute Gasteiger partial charge is 0.146 e. The standard InChI is InChI=1S/C21H18N4O/c22-15-6-4-5-14(11-15)18-12-24-21(25-16-7-2-1-3-8-16)20-17(18)9-10-23-19(20)13-26/h1-13,19,23H,22H2,(H,24,25). The summed E-state index contributed by atoms with van der Waals surface area (Å²) in [5.74, 6) is 0.660. The van der Waals surface area contributed by atoms with E-state index in [1.54, 1.807) is 6.20 Å². The monoisotopic (exact) mass is 342 g/mol. The molecule has 2 heterocycles. The second kappa shape index (κ2) is 6.72. The Morgan fingerprint density at radius 1 is 1.12 bits per heavy atom. The van der Waals surface area contributed by atoms with E-state index in [2.05, 4.69) is 15.6 Å². The summed E-state index contributed by atoms with van der Waals surface area (Å²) in [5.41, 5.74) is 11.2. The quantitative estimate of drug-likeness (QED) is 0.495. The number of carbonyl (C=O) groups is 1. The fraction of sp³-hybridized carbons (Fsp3) is 0.0476. The van der Waals surface area contributed by atoms with Crippen molar-refractivity contribution in [2.75, 3.05) is 11.1 Å². The Morgan fingerprint density at radius 3 is 2.73 bits per heavy atom. The number of benzene rings is 2. The lowest BCUT2D eigenvalue weighted by Gasteiger charge is -2.24. The maximum absolute atomic E-state index is 11.7. The van der Waals surface area contributed by atoms with E-state index < -0.39 is 6.04 Å². The van der Waals surface area contributed by atoms with Gasteiger partial charge in [-0.15, -0.1) is 0 Å². The maximum atomic E-state index is 11.7. The molecule has 0 amide bonds. The van der Waals surface area contributed by atoms with Gasteiger partial charge in [0.2, 0.25) is 0 Å². The zero-order valence-corrected chi connectivity index (χ0v) is 14.0. The number of nitrogens with two attached hydrogens (primary N) is 1. The number of carbonyl (C=O) groups excluding carboxylic acids is 1. The van der Waals surface area contributed by atoms with Gasteiger partial charge in [-0.25, -0.2) is 4.98 Å². The Balaban J connectivity index is 1.87. The molecule has 3 aromatic rings. The number of fused-ring (bicyclic) bond motifs is 1. The summed E-state index contributed by atoms with van der Waals surface area (Å²) in [5, 5.41) is 6.41. The molecule has 0 bridgehead atoms. The van der Waals surface area contributed by atoms with Crippen LogP contribution in [0.15, 0.2) is 67.0 Å². The van der Waals surface area contributed by atoms with Gasteiger partial charge >= 0.3 is 0 Å². The van der Waals surface area contributed by atoms with Crippen LogP contribution in [-0.2, 0) is 4.79 Å². The molecule has 2 aromatic carbocycles. The molecule has 0 spiro atoms. The normalized spacial score (nSPS) is 15.0. The van der Waals surface area contributed by atoms with Gasteiger partial charge < -0.3 is 21.2 Å². The first kappa shape index (κ1) is 15.9. The first-order chi connectivity index (χ1) is 12.8. The van der Waals surface area contributed by atoms with E-state index in [1.807, 2.05) is 66.9 Å². The molecule has 1 atom stereocenters. The first-order valence-electron chi connectivity index (χ1n) is 8.35. The molecule has 0 aliphatic carbocycles. The van der Waals surface area contributed by atoms with E-state index in [-0.39, 0.29) is 0 Å². The number of hydrogen-bond acceptors (Lipinski definition) is 5. The number of nitrogen functional groups attached to an aromatic ring is 1. The van der Waals surface area contributed by atoms with Crippen LogP contribution < -0.4 is 16.4 Å². The molecule has 0 fully saturated rings. The van der Waals surface area contributed by atoms with Crippen molar-refractivity contribution in [3.8, 4) is 11.1 Å². The van der Waals surface area contributed by atoms with Gasteiger partial charge in [0.15, 0.2) is 0 Å². The highest BCUT2D eigenvalue weighted by Crippen LogP contribution is 2.37. The number of rotatable bonds is 4. The Labute approximate surface area is 151 Å².